The molecule has 20 heavy (non-hydrogen) atoms. The van der Waals surface area contributed by atoms with Gasteiger partial charge in [-0.2, -0.15) is 4.72 Å². The number of sulfonamides is 1. The fourth-order valence-corrected chi connectivity index (χ4v) is 3.36. The van der Waals surface area contributed by atoms with Gasteiger partial charge in [0.25, 0.3) is 0 Å². The van der Waals surface area contributed by atoms with Crippen molar-refractivity contribution < 1.29 is 27.8 Å². The molecule has 1 aliphatic carbocycles. The van der Waals surface area contributed by atoms with E-state index in [0.717, 1.165) is 0 Å². The van der Waals surface area contributed by atoms with E-state index in [0.29, 0.717) is 5.75 Å². The predicted molar refractivity (Wildman–Crippen MR) is 69.5 cm³/mol. The highest BCUT2D eigenvalue weighted by Gasteiger charge is 2.53. The zero-order chi connectivity index (χ0) is 15.0. The molecule has 1 aromatic carbocycles. The third-order valence-electron chi connectivity index (χ3n) is 3.15. The maximum absolute atomic E-state index is 12.3. The van der Waals surface area contributed by atoms with Crippen molar-refractivity contribution in [3.63, 3.8) is 0 Å². The van der Waals surface area contributed by atoms with Crippen molar-refractivity contribution in [2.75, 3.05) is 14.2 Å². The van der Waals surface area contributed by atoms with Crippen LogP contribution in [0.25, 0.3) is 0 Å². The Morgan fingerprint density at radius 3 is 2.40 bits per heavy atom. The van der Waals surface area contributed by atoms with Gasteiger partial charge in [0, 0.05) is 6.07 Å². The Hall–Kier alpha value is -1.80. The molecule has 0 heterocycles. The van der Waals surface area contributed by atoms with E-state index in [1.165, 1.54) is 32.4 Å². The molecule has 2 N–H and O–H groups in total. The summed E-state index contributed by atoms with van der Waals surface area (Å²) in [5, 5.41) is 9.04. The summed E-state index contributed by atoms with van der Waals surface area (Å²) >= 11 is 0. The topological polar surface area (TPSA) is 102 Å². The first-order valence-electron chi connectivity index (χ1n) is 5.84. The summed E-state index contributed by atoms with van der Waals surface area (Å²) in [6.45, 7) is 0. The smallest absolute Gasteiger partial charge is 0.324 e. The molecule has 0 spiro atoms. The van der Waals surface area contributed by atoms with E-state index in [1.54, 1.807) is 0 Å². The number of aliphatic carboxylic acids is 1. The van der Waals surface area contributed by atoms with Crippen molar-refractivity contribution in [1.82, 2.24) is 4.72 Å². The zero-order valence-electron chi connectivity index (χ0n) is 11.0. The molecule has 0 unspecified atom stereocenters. The van der Waals surface area contributed by atoms with Crippen LogP contribution in [0.2, 0.25) is 0 Å². The van der Waals surface area contributed by atoms with Gasteiger partial charge in [-0.3, -0.25) is 4.79 Å². The van der Waals surface area contributed by atoms with Gasteiger partial charge in [-0.25, -0.2) is 8.42 Å². The molecule has 0 amide bonds. The minimum absolute atomic E-state index is 0.0954. The van der Waals surface area contributed by atoms with Gasteiger partial charge in [0.1, 0.15) is 21.9 Å². The van der Waals surface area contributed by atoms with Crippen LogP contribution in [-0.2, 0) is 14.8 Å². The van der Waals surface area contributed by atoms with Crippen molar-refractivity contribution in [3.8, 4) is 11.5 Å². The van der Waals surface area contributed by atoms with Gasteiger partial charge < -0.3 is 14.6 Å². The van der Waals surface area contributed by atoms with Gasteiger partial charge in [0.2, 0.25) is 10.0 Å². The summed E-state index contributed by atoms with van der Waals surface area (Å²) in [6.07, 6.45) is 0.556. The first kappa shape index (κ1) is 14.6. The van der Waals surface area contributed by atoms with Crippen LogP contribution in [0.1, 0.15) is 12.8 Å². The highest BCUT2D eigenvalue weighted by atomic mass is 32.2. The monoisotopic (exact) mass is 301 g/mol. The number of nitrogens with one attached hydrogen (secondary N) is 1. The molecule has 110 valence electrons. The van der Waals surface area contributed by atoms with Crippen molar-refractivity contribution in [3.05, 3.63) is 18.2 Å². The Bertz CT molecular complexity index is 635. The average molecular weight is 301 g/mol. The lowest BCUT2D eigenvalue weighted by Gasteiger charge is -2.15. The molecule has 2 rings (SSSR count). The Kier molecular flexibility index (Phi) is 3.61. The third kappa shape index (κ3) is 2.56. The summed E-state index contributed by atoms with van der Waals surface area (Å²) in [6, 6.07) is 4.21. The molecule has 0 bridgehead atoms. The number of ether oxygens (including phenoxy) is 2. The lowest BCUT2D eigenvalue weighted by Crippen LogP contribution is -2.43. The van der Waals surface area contributed by atoms with E-state index in [4.69, 9.17) is 14.6 Å². The average Bonchev–Trinajstić information content (AvgIpc) is 3.18. The number of carboxylic acids is 1. The maximum atomic E-state index is 12.3. The van der Waals surface area contributed by atoms with E-state index in [1.807, 2.05) is 0 Å². The van der Waals surface area contributed by atoms with Gasteiger partial charge in [-0.05, 0) is 25.0 Å². The molecule has 0 aromatic heterocycles. The van der Waals surface area contributed by atoms with E-state index < -0.39 is 21.5 Å². The molecule has 0 saturated heterocycles. The third-order valence-corrected chi connectivity index (χ3v) is 4.73. The quantitative estimate of drug-likeness (QED) is 0.797. The summed E-state index contributed by atoms with van der Waals surface area (Å²) in [5.74, 6) is -0.633. The molecule has 0 aliphatic heterocycles. The zero-order valence-corrected chi connectivity index (χ0v) is 11.9. The Morgan fingerprint density at radius 1 is 1.30 bits per heavy atom. The van der Waals surface area contributed by atoms with E-state index in [9.17, 15) is 13.2 Å². The lowest BCUT2D eigenvalue weighted by molar-refractivity contribution is -0.140. The number of carboxylic acid groups (broad SMARTS) is 1. The fourth-order valence-electron chi connectivity index (χ4n) is 1.79. The van der Waals surface area contributed by atoms with Crippen LogP contribution >= 0.6 is 0 Å². The summed E-state index contributed by atoms with van der Waals surface area (Å²) in [7, 11) is -1.20. The van der Waals surface area contributed by atoms with Gasteiger partial charge in [0.05, 0.1) is 14.2 Å². The fraction of sp³-hybridized carbons (Fsp3) is 0.417. The largest absolute Gasteiger partial charge is 0.497 e. The van der Waals surface area contributed by atoms with E-state index >= 15 is 0 Å². The predicted octanol–water partition coefficient (Wildman–Crippen LogP) is 0.599. The van der Waals surface area contributed by atoms with Crippen LogP contribution in [0.15, 0.2) is 23.1 Å². The van der Waals surface area contributed by atoms with E-state index in [-0.39, 0.29) is 23.5 Å². The van der Waals surface area contributed by atoms with Gasteiger partial charge in [-0.15, -0.1) is 0 Å². The molecule has 0 atom stereocenters. The van der Waals surface area contributed by atoms with Crippen molar-refractivity contribution in [2.45, 2.75) is 23.3 Å². The Morgan fingerprint density at radius 2 is 1.95 bits per heavy atom. The number of rotatable bonds is 6. The minimum atomic E-state index is -3.98. The second-order valence-corrected chi connectivity index (χ2v) is 6.16. The van der Waals surface area contributed by atoms with Gasteiger partial charge in [-0.1, -0.05) is 0 Å². The first-order valence-corrected chi connectivity index (χ1v) is 7.32. The molecule has 1 aliphatic rings. The van der Waals surface area contributed by atoms with Crippen LogP contribution in [-0.4, -0.2) is 39.3 Å². The van der Waals surface area contributed by atoms with Gasteiger partial charge in [0.15, 0.2) is 0 Å². The summed E-state index contributed by atoms with van der Waals surface area (Å²) in [5.41, 5.74) is -1.39. The van der Waals surface area contributed by atoms with Crippen LogP contribution in [0.4, 0.5) is 0 Å². The van der Waals surface area contributed by atoms with Crippen molar-refractivity contribution in [2.24, 2.45) is 0 Å². The highest BCUT2D eigenvalue weighted by molar-refractivity contribution is 7.89. The molecule has 1 aromatic rings. The first-order chi connectivity index (χ1) is 9.34. The van der Waals surface area contributed by atoms with Crippen LogP contribution < -0.4 is 14.2 Å². The molecular weight excluding hydrogens is 286 g/mol. The molecular formula is C12H15NO6S. The van der Waals surface area contributed by atoms with Crippen LogP contribution in [0, 0.1) is 0 Å². The number of carbonyl (C=O) groups is 1. The lowest BCUT2D eigenvalue weighted by atomic mass is 10.3. The molecule has 0 radical (unpaired) electrons. The SMILES string of the molecule is COc1ccc(S(=O)(=O)NC2(C(=O)O)CC2)c(OC)c1. The normalized spacial score (nSPS) is 16.5. The van der Waals surface area contributed by atoms with Crippen LogP contribution in [0.3, 0.4) is 0 Å². The maximum Gasteiger partial charge on any atom is 0.324 e. The number of hydrogen-bond donors (Lipinski definition) is 2. The second-order valence-electron chi connectivity index (χ2n) is 4.51. The van der Waals surface area contributed by atoms with Crippen molar-refractivity contribution in [1.29, 1.82) is 0 Å². The van der Waals surface area contributed by atoms with Crippen molar-refractivity contribution >= 4 is 16.0 Å². The molecule has 8 heteroatoms. The number of methoxy groups -OCH3 is 2. The molecule has 1 saturated carbocycles. The Balaban J connectivity index is 2.37. The van der Waals surface area contributed by atoms with Gasteiger partial charge >= 0.3 is 5.97 Å². The number of benzene rings is 1. The standard InChI is InChI=1S/C12H15NO6S/c1-18-8-3-4-10(9(7-8)19-2)20(16,17)13-12(5-6-12)11(14)15/h3-4,7,13H,5-6H2,1-2H3,(H,14,15). The molecule has 1 fully saturated rings. The second kappa shape index (κ2) is 4.95. The summed E-state index contributed by atoms with van der Waals surface area (Å²) in [4.78, 5) is 11.0. The number of hydrogen-bond acceptors (Lipinski definition) is 5. The molecule has 7 nitrogen and oxygen atoms in total. The minimum Gasteiger partial charge on any atom is -0.497 e. The highest BCUT2D eigenvalue weighted by Crippen LogP contribution is 2.38. The van der Waals surface area contributed by atoms with Crippen LogP contribution in [0.5, 0.6) is 11.5 Å². The Labute approximate surface area is 116 Å². The summed E-state index contributed by atoms with van der Waals surface area (Å²) < 4.78 is 36.8. The van der Waals surface area contributed by atoms with E-state index in [2.05, 4.69) is 4.72 Å².